The van der Waals surface area contributed by atoms with Crippen LogP contribution in [0.2, 0.25) is 0 Å². The Morgan fingerprint density at radius 3 is 2.54 bits per heavy atom. The van der Waals surface area contributed by atoms with E-state index in [1.165, 1.54) is 0 Å². The fourth-order valence-electron chi connectivity index (χ4n) is 1.26. The smallest absolute Gasteiger partial charge is 0.123 e. The molecule has 13 heavy (non-hydrogen) atoms. The number of aldehydes is 1. The second kappa shape index (κ2) is 7.53. The van der Waals surface area contributed by atoms with E-state index in [0.717, 1.165) is 31.1 Å². The van der Waals surface area contributed by atoms with Crippen LogP contribution in [0, 0.1) is 5.92 Å². The zero-order valence-electron chi connectivity index (χ0n) is 8.33. The molecule has 0 amide bonds. The van der Waals surface area contributed by atoms with Crippen molar-refractivity contribution in [3.63, 3.8) is 0 Å². The number of rotatable bonds is 7. The van der Waals surface area contributed by atoms with Gasteiger partial charge >= 0.3 is 0 Å². The summed E-state index contributed by atoms with van der Waals surface area (Å²) < 4.78 is 0. The van der Waals surface area contributed by atoms with Crippen molar-refractivity contribution in [2.45, 2.75) is 26.2 Å². The van der Waals surface area contributed by atoms with Crippen LogP contribution in [0.5, 0.6) is 0 Å². The van der Waals surface area contributed by atoms with Gasteiger partial charge in [0, 0.05) is 5.92 Å². The molecule has 0 aromatic rings. The number of allylic oxidation sites excluding steroid dienone is 4. The summed E-state index contributed by atoms with van der Waals surface area (Å²) >= 11 is 0. The van der Waals surface area contributed by atoms with Crippen molar-refractivity contribution in [2.75, 3.05) is 0 Å². The molecule has 0 saturated heterocycles. The average Bonchev–Trinajstić information content (AvgIpc) is 2.16. The zero-order valence-corrected chi connectivity index (χ0v) is 8.33. The van der Waals surface area contributed by atoms with Gasteiger partial charge in [0.25, 0.3) is 0 Å². The van der Waals surface area contributed by atoms with Gasteiger partial charge in [-0.15, -0.1) is 0 Å². The molecule has 0 aromatic carbocycles. The van der Waals surface area contributed by atoms with Crippen molar-refractivity contribution in [2.24, 2.45) is 5.92 Å². The minimum absolute atomic E-state index is 0.134. The van der Waals surface area contributed by atoms with Gasteiger partial charge in [0.15, 0.2) is 0 Å². The molecule has 0 N–H and O–H groups in total. The first-order chi connectivity index (χ1) is 6.28. The average molecular weight is 178 g/mol. The molecule has 72 valence electrons. The summed E-state index contributed by atoms with van der Waals surface area (Å²) in [6.45, 7) is 9.39. The molecule has 1 atom stereocenters. The third-order valence-electron chi connectivity index (χ3n) is 1.94. The van der Waals surface area contributed by atoms with Crippen molar-refractivity contribution in [3.8, 4) is 0 Å². The quantitative estimate of drug-likeness (QED) is 0.432. The SMILES string of the molecule is C=C/C=C(\C=C)CC(C=O)CCC. The molecule has 0 rings (SSSR count). The highest BCUT2D eigenvalue weighted by Crippen LogP contribution is 2.15. The molecule has 0 aliphatic heterocycles. The van der Waals surface area contributed by atoms with Crippen LogP contribution in [0.15, 0.2) is 37.0 Å². The molecule has 0 aliphatic carbocycles. The van der Waals surface area contributed by atoms with Gasteiger partial charge in [0.05, 0.1) is 0 Å². The van der Waals surface area contributed by atoms with Crippen LogP contribution in [-0.4, -0.2) is 6.29 Å². The number of carbonyl (C=O) groups is 1. The summed E-state index contributed by atoms with van der Waals surface area (Å²) in [7, 11) is 0. The fourth-order valence-corrected chi connectivity index (χ4v) is 1.26. The van der Waals surface area contributed by atoms with Gasteiger partial charge < -0.3 is 4.79 Å². The maximum absolute atomic E-state index is 10.7. The zero-order chi connectivity index (χ0) is 10.1. The molecule has 0 saturated carbocycles. The lowest BCUT2D eigenvalue weighted by Gasteiger charge is -2.08. The summed E-state index contributed by atoms with van der Waals surface area (Å²) in [5, 5.41) is 0. The van der Waals surface area contributed by atoms with Crippen LogP contribution in [0.4, 0.5) is 0 Å². The van der Waals surface area contributed by atoms with E-state index in [4.69, 9.17) is 0 Å². The molecular weight excluding hydrogens is 160 g/mol. The Kier molecular flexibility index (Phi) is 6.89. The Balaban J connectivity index is 4.17. The van der Waals surface area contributed by atoms with E-state index in [1.807, 2.05) is 6.08 Å². The number of hydrogen-bond acceptors (Lipinski definition) is 1. The molecule has 1 nitrogen and oxygen atoms in total. The van der Waals surface area contributed by atoms with E-state index >= 15 is 0 Å². The summed E-state index contributed by atoms with van der Waals surface area (Å²) in [5.74, 6) is 0.134. The van der Waals surface area contributed by atoms with Crippen molar-refractivity contribution < 1.29 is 4.79 Å². The Hall–Kier alpha value is -1.11. The van der Waals surface area contributed by atoms with Gasteiger partial charge in [-0.05, 0) is 18.4 Å². The summed E-state index contributed by atoms with van der Waals surface area (Å²) in [6.07, 6.45) is 9.22. The first-order valence-corrected chi connectivity index (χ1v) is 4.67. The lowest BCUT2D eigenvalue weighted by Crippen LogP contribution is -2.02. The van der Waals surface area contributed by atoms with Crippen molar-refractivity contribution >= 4 is 6.29 Å². The molecule has 1 unspecified atom stereocenters. The fraction of sp³-hybridized carbons (Fsp3) is 0.417. The van der Waals surface area contributed by atoms with E-state index in [2.05, 4.69) is 20.1 Å². The molecule has 0 heterocycles. The Labute approximate surface area is 80.8 Å². The minimum Gasteiger partial charge on any atom is -0.303 e. The van der Waals surface area contributed by atoms with Crippen molar-refractivity contribution in [1.82, 2.24) is 0 Å². The lowest BCUT2D eigenvalue weighted by molar-refractivity contribution is -0.111. The van der Waals surface area contributed by atoms with E-state index in [1.54, 1.807) is 12.2 Å². The molecule has 0 spiro atoms. The van der Waals surface area contributed by atoms with E-state index < -0.39 is 0 Å². The Morgan fingerprint density at radius 2 is 2.15 bits per heavy atom. The summed E-state index contributed by atoms with van der Waals surface area (Å²) in [4.78, 5) is 10.7. The second-order valence-electron chi connectivity index (χ2n) is 3.07. The highest BCUT2D eigenvalue weighted by molar-refractivity contribution is 5.54. The van der Waals surface area contributed by atoms with Crippen LogP contribution in [0.3, 0.4) is 0 Å². The van der Waals surface area contributed by atoms with Crippen LogP contribution in [-0.2, 0) is 4.79 Å². The highest BCUT2D eigenvalue weighted by Gasteiger charge is 2.06. The van der Waals surface area contributed by atoms with Crippen LogP contribution >= 0.6 is 0 Å². The van der Waals surface area contributed by atoms with Crippen LogP contribution < -0.4 is 0 Å². The van der Waals surface area contributed by atoms with Crippen LogP contribution in [0.25, 0.3) is 0 Å². The topological polar surface area (TPSA) is 17.1 Å². The Morgan fingerprint density at radius 1 is 1.46 bits per heavy atom. The molecule has 0 aliphatic rings. The van der Waals surface area contributed by atoms with Gasteiger partial charge in [-0.3, -0.25) is 0 Å². The lowest BCUT2D eigenvalue weighted by atomic mass is 9.96. The third kappa shape index (κ3) is 5.18. The monoisotopic (exact) mass is 178 g/mol. The maximum Gasteiger partial charge on any atom is 0.123 e. The molecule has 1 heteroatoms. The van der Waals surface area contributed by atoms with E-state index in [9.17, 15) is 4.79 Å². The second-order valence-corrected chi connectivity index (χ2v) is 3.07. The maximum atomic E-state index is 10.7. The number of hydrogen-bond donors (Lipinski definition) is 0. The van der Waals surface area contributed by atoms with Gasteiger partial charge in [0.2, 0.25) is 0 Å². The van der Waals surface area contributed by atoms with Gasteiger partial charge in [-0.2, -0.15) is 0 Å². The molecule has 0 bridgehead atoms. The standard InChI is InChI=1S/C12H18O/c1-4-7-11(6-3)9-12(10-13)8-5-2/h4,6-7,10,12H,1,3,5,8-9H2,2H3/b11-7+. The normalized spacial score (nSPS) is 13.5. The van der Waals surface area contributed by atoms with Gasteiger partial charge in [0.1, 0.15) is 6.29 Å². The van der Waals surface area contributed by atoms with Gasteiger partial charge in [-0.1, -0.05) is 44.7 Å². The van der Waals surface area contributed by atoms with Crippen LogP contribution in [0.1, 0.15) is 26.2 Å². The molecule has 0 fully saturated rings. The molecule has 0 aromatic heterocycles. The molecular formula is C12H18O. The van der Waals surface area contributed by atoms with Crippen molar-refractivity contribution in [3.05, 3.63) is 37.0 Å². The summed E-state index contributed by atoms with van der Waals surface area (Å²) in [5.41, 5.74) is 1.08. The largest absolute Gasteiger partial charge is 0.303 e. The van der Waals surface area contributed by atoms with E-state index in [-0.39, 0.29) is 5.92 Å². The number of carbonyl (C=O) groups excluding carboxylic acids is 1. The van der Waals surface area contributed by atoms with Gasteiger partial charge in [-0.25, -0.2) is 0 Å². The predicted molar refractivity (Wildman–Crippen MR) is 57.6 cm³/mol. The first-order valence-electron chi connectivity index (χ1n) is 4.67. The molecule has 0 radical (unpaired) electrons. The summed E-state index contributed by atoms with van der Waals surface area (Å²) in [6, 6.07) is 0. The Bertz CT molecular complexity index is 201. The minimum atomic E-state index is 0.134. The first kappa shape index (κ1) is 11.9. The highest BCUT2D eigenvalue weighted by atomic mass is 16.1. The predicted octanol–water partition coefficient (Wildman–Crippen LogP) is 3.29. The van der Waals surface area contributed by atoms with E-state index in [0.29, 0.717) is 0 Å². The third-order valence-corrected chi connectivity index (χ3v) is 1.94. The van der Waals surface area contributed by atoms with Crippen molar-refractivity contribution in [1.29, 1.82) is 0 Å².